The van der Waals surface area contributed by atoms with E-state index in [0.29, 0.717) is 5.56 Å². The van der Waals surface area contributed by atoms with Crippen LogP contribution in [0.1, 0.15) is 38.7 Å². The third kappa shape index (κ3) is 2.86. The monoisotopic (exact) mass is 306 g/mol. The number of hydrogen-bond donors (Lipinski definition) is 1. The summed E-state index contributed by atoms with van der Waals surface area (Å²) in [6.07, 6.45) is -0.257. The fraction of sp³-hybridized carbons (Fsp3) is 0.471. The van der Waals surface area contributed by atoms with Crippen LogP contribution < -0.4 is 0 Å². The van der Waals surface area contributed by atoms with Crippen LogP contribution in [0.2, 0.25) is 0 Å². The van der Waals surface area contributed by atoms with Gasteiger partial charge in [-0.1, -0.05) is 12.1 Å². The third-order valence-corrected chi connectivity index (χ3v) is 4.38. The quantitative estimate of drug-likeness (QED) is 0.868. The minimum absolute atomic E-state index is 0.257. The molecule has 1 aliphatic rings. The van der Waals surface area contributed by atoms with Crippen molar-refractivity contribution in [3.05, 3.63) is 35.6 Å². The largest absolute Gasteiger partial charge is 0.389 e. The van der Waals surface area contributed by atoms with Crippen LogP contribution in [0.4, 0.5) is 4.39 Å². The second-order valence-electron chi connectivity index (χ2n) is 6.26. The second-order valence-corrected chi connectivity index (χ2v) is 6.26. The van der Waals surface area contributed by atoms with Gasteiger partial charge in [0.1, 0.15) is 23.2 Å². The molecule has 0 unspecified atom stereocenters. The lowest BCUT2D eigenvalue weighted by atomic mass is 9.60. The number of halogens is 1. The lowest BCUT2D eigenvalue weighted by molar-refractivity contribution is -0.151. The van der Waals surface area contributed by atoms with Crippen molar-refractivity contribution in [3.8, 4) is 0 Å². The van der Waals surface area contributed by atoms with Crippen molar-refractivity contribution in [2.24, 2.45) is 11.8 Å². The molecule has 22 heavy (non-hydrogen) atoms. The number of Topliss-reactive ketones (excluding diaryl/α,β-unsaturated/α-hetero) is 3. The van der Waals surface area contributed by atoms with E-state index in [2.05, 4.69) is 0 Å². The fourth-order valence-corrected chi connectivity index (χ4v) is 3.62. The molecule has 0 spiro atoms. The van der Waals surface area contributed by atoms with E-state index in [1.54, 1.807) is 6.07 Å². The predicted octanol–water partition coefficient (Wildman–Crippen LogP) is 2.04. The highest BCUT2D eigenvalue weighted by atomic mass is 19.1. The highest BCUT2D eigenvalue weighted by Gasteiger charge is 2.53. The van der Waals surface area contributed by atoms with Crippen molar-refractivity contribution in [1.82, 2.24) is 0 Å². The molecule has 0 radical (unpaired) electrons. The Kier molecular flexibility index (Phi) is 4.29. The lowest BCUT2D eigenvalue weighted by Gasteiger charge is -2.44. The van der Waals surface area contributed by atoms with Gasteiger partial charge < -0.3 is 5.11 Å². The summed E-state index contributed by atoms with van der Waals surface area (Å²) < 4.78 is 13.6. The Bertz CT molecular complexity index is 635. The van der Waals surface area contributed by atoms with Gasteiger partial charge >= 0.3 is 0 Å². The molecule has 1 saturated carbocycles. The molecular formula is C17H19FO4. The van der Waals surface area contributed by atoms with Crippen molar-refractivity contribution in [2.45, 2.75) is 38.7 Å². The minimum atomic E-state index is -1.55. The van der Waals surface area contributed by atoms with E-state index < -0.39 is 35.0 Å². The van der Waals surface area contributed by atoms with Crippen molar-refractivity contribution in [1.29, 1.82) is 0 Å². The average Bonchev–Trinajstić information content (AvgIpc) is 2.35. The summed E-state index contributed by atoms with van der Waals surface area (Å²) in [6, 6.07) is 5.50. The molecule has 4 nitrogen and oxygen atoms in total. The number of rotatable bonds is 3. The van der Waals surface area contributed by atoms with E-state index in [-0.39, 0.29) is 18.0 Å². The minimum Gasteiger partial charge on any atom is -0.389 e. The first-order valence-corrected chi connectivity index (χ1v) is 7.16. The maximum absolute atomic E-state index is 13.6. The standard InChI is InChI=1S/C17H19FO4/c1-9(19)14-13(21)8-17(3,22)16(10(2)20)15(14)11-5-4-6-12(18)7-11/h4-7,14-16,22H,8H2,1-3H3/t14-,15+,16-,17+/m0/s1. The first kappa shape index (κ1) is 16.5. The normalized spacial score (nSPS) is 31.9. The maximum atomic E-state index is 13.6. The molecule has 4 atom stereocenters. The molecule has 1 aromatic carbocycles. The lowest BCUT2D eigenvalue weighted by Crippen LogP contribution is -2.53. The molecule has 5 heteroatoms. The summed E-state index contributed by atoms with van der Waals surface area (Å²) in [7, 11) is 0. The number of ketones is 3. The number of carbonyl (C=O) groups excluding carboxylic acids is 3. The van der Waals surface area contributed by atoms with E-state index in [1.165, 1.54) is 39.0 Å². The van der Waals surface area contributed by atoms with Crippen molar-refractivity contribution in [3.63, 3.8) is 0 Å². The molecule has 2 rings (SSSR count). The molecule has 0 amide bonds. The first-order valence-electron chi connectivity index (χ1n) is 7.16. The molecule has 1 fully saturated rings. The van der Waals surface area contributed by atoms with Crippen LogP contribution in [0.5, 0.6) is 0 Å². The van der Waals surface area contributed by atoms with Crippen LogP contribution in [-0.4, -0.2) is 28.1 Å². The van der Waals surface area contributed by atoms with Gasteiger partial charge in [-0.3, -0.25) is 14.4 Å². The molecule has 0 heterocycles. The van der Waals surface area contributed by atoms with Gasteiger partial charge in [0.05, 0.1) is 17.4 Å². The molecule has 0 aromatic heterocycles. The fourth-order valence-electron chi connectivity index (χ4n) is 3.62. The summed E-state index contributed by atoms with van der Waals surface area (Å²) in [5, 5.41) is 10.5. The molecule has 0 bridgehead atoms. The van der Waals surface area contributed by atoms with Crippen LogP contribution in [0.25, 0.3) is 0 Å². The molecule has 0 saturated heterocycles. The smallest absolute Gasteiger partial charge is 0.146 e. The molecule has 1 aliphatic carbocycles. The summed E-state index contributed by atoms with van der Waals surface area (Å²) in [5.74, 6) is -4.43. The first-order chi connectivity index (χ1) is 10.1. The van der Waals surface area contributed by atoms with Gasteiger partial charge in [-0.25, -0.2) is 4.39 Å². The summed E-state index contributed by atoms with van der Waals surface area (Å²) in [4.78, 5) is 36.3. The molecule has 1 N–H and O–H groups in total. The SMILES string of the molecule is CC(=O)[C@H]1C(=O)C[C@@](C)(O)[C@@H](C(C)=O)[C@@H]1c1cccc(F)c1. The van der Waals surface area contributed by atoms with Crippen LogP contribution in [0.3, 0.4) is 0 Å². The molecule has 1 aromatic rings. The van der Waals surface area contributed by atoms with Crippen molar-refractivity contribution < 1.29 is 23.9 Å². The maximum Gasteiger partial charge on any atom is 0.146 e. The van der Waals surface area contributed by atoms with E-state index in [0.717, 1.165) is 0 Å². The van der Waals surface area contributed by atoms with Gasteiger partial charge in [0.2, 0.25) is 0 Å². The Labute approximate surface area is 128 Å². The number of benzene rings is 1. The zero-order chi connectivity index (χ0) is 16.7. The topological polar surface area (TPSA) is 71.4 Å². The molecule has 0 aliphatic heterocycles. The average molecular weight is 306 g/mol. The van der Waals surface area contributed by atoms with Gasteiger partial charge in [0, 0.05) is 12.3 Å². The summed E-state index contributed by atoms with van der Waals surface area (Å²) in [6.45, 7) is 4.02. The number of aliphatic hydroxyl groups is 1. The molecular weight excluding hydrogens is 287 g/mol. The van der Waals surface area contributed by atoms with Gasteiger partial charge in [-0.15, -0.1) is 0 Å². The van der Waals surface area contributed by atoms with Gasteiger partial charge in [-0.05, 0) is 38.5 Å². The molecule has 118 valence electrons. The Morgan fingerprint density at radius 3 is 2.41 bits per heavy atom. The third-order valence-electron chi connectivity index (χ3n) is 4.38. The zero-order valence-corrected chi connectivity index (χ0v) is 12.8. The second kappa shape index (κ2) is 5.72. The van der Waals surface area contributed by atoms with E-state index in [9.17, 15) is 23.9 Å². The number of carbonyl (C=O) groups is 3. The van der Waals surface area contributed by atoms with Crippen LogP contribution in [0, 0.1) is 17.7 Å². The van der Waals surface area contributed by atoms with Crippen molar-refractivity contribution in [2.75, 3.05) is 0 Å². The predicted molar refractivity (Wildman–Crippen MR) is 77.7 cm³/mol. The zero-order valence-electron chi connectivity index (χ0n) is 12.8. The Morgan fingerprint density at radius 2 is 1.91 bits per heavy atom. The Balaban J connectivity index is 2.64. The van der Waals surface area contributed by atoms with Crippen LogP contribution in [-0.2, 0) is 14.4 Å². The van der Waals surface area contributed by atoms with E-state index in [4.69, 9.17) is 0 Å². The number of hydrogen-bond acceptors (Lipinski definition) is 4. The Morgan fingerprint density at radius 1 is 1.27 bits per heavy atom. The van der Waals surface area contributed by atoms with Crippen LogP contribution >= 0.6 is 0 Å². The van der Waals surface area contributed by atoms with Crippen LogP contribution in [0.15, 0.2) is 24.3 Å². The van der Waals surface area contributed by atoms with Gasteiger partial charge in [-0.2, -0.15) is 0 Å². The van der Waals surface area contributed by atoms with Gasteiger partial charge in [0.15, 0.2) is 0 Å². The van der Waals surface area contributed by atoms with Gasteiger partial charge in [0.25, 0.3) is 0 Å². The highest BCUT2D eigenvalue weighted by Crippen LogP contribution is 2.46. The van der Waals surface area contributed by atoms with E-state index in [1.807, 2.05) is 0 Å². The highest BCUT2D eigenvalue weighted by molar-refractivity contribution is 6.05. The Hall–Kier alpha value is -1.88. The summed E-state index contributed by atoms with van der Waals surface area (Å²) in [5.41, 5.74) is -1.17. The summed E-state index contributed by atoms with van der Waals surface area (Å²) >= 11 is 0. The van der Waals surface area contributed by atoms with Crippen molar-refractivity contribution >= 4 is 17.3 Å². The van der Waals surface area contributed by atoms with E-state index >= 15 is 0 Å².